The summed E-state index contributed by atoms with van der Waals surface area (Å²) >= 11 is 0. The van der Waals surface area contributed by atoms with Crippen LogP contribution < -0.4 is 9.47 Å². The van der Waals surface area contributed by atoms with Crippen molar-refractivity contribution in [3.8, 4) is 22.8 Å². The van der Waals surface area contributed by atoms with Gasteiger partial charge in [0.1, 0.15) is 0 Å². The molecule has 0 atom stereocenters. The molecule has 0 N–H and O–H groups in total. The van der Waals surface area contributed by atoms with Gasteiger partial charge in [0.2, 0.25) is 6.79 Å². The Morgan fingerprint density at radius 3 is 2.75 bits per heavy atom. The van der Waals surface area contributed by atoms with E-state index in [0.29, 0.717) is 45.5 Å². The minimum Gasteiger partial charge on any atom is -0.454 e. The van der Waals surface area contributed by atoms with Crippen molar-refractivity contribution in [2.45, 2.75) is 26.7 Å². The van der Waals surface area contributed by atoms with Crippen molar-refractivity contribution in [1.82, 2.24) is 15.0 Å². The quantitative estimate of drug-likeness (QED) is 0.674. The highest BCUT2D eigenvalue weighted by molar-refractivity contribution is 6.07. The molecule has 0 bridgehead atoms. The molecule has 4 heterocycles. The topological polar surface area (TPSA) is 77.7 Å². The molecule has 28 heavy (non-hydrogen) atoms. The van der Waals surface area contributed by atoms with Gasteiger partial charge in [-0.1, -0.05) is 12.1 Å². The first-order chi connectivity index (χ1) is 13.6. The number of hydrogen-bond donors (Lipinski definition) is 0. The summed E-state index contributed by atoms with van der Waals surface area (Å²) in [5.41, 5.74) is 3.12. The molecule has 7 nitrogen and oxygen atoms in total. The highest BCUT2D eigenvalue weighted by Crippen LogP contribution is 2.36. The molecule has 3 aromatic rings. The van der Waals surface area contributed by atoms with E-state index in [1.807, 2.05) is 36.1 Å². The van der Waals surface area contributed by atoms with Crippen LogP contribution in [0.15, 0.2) is 28.8 Å². The van der Waals surface area contributed by atoms with Crippen LogP contribution in [0.4, 0.5) is 0 Å². The van der Waals surface area contributed by atoms with Gasteiger partial charge in [0.15, 0.2) is 11.5 Å². The summed E-state index contributed by atoms with van der Waals surface area (Å²) in [6, 6.07) is 7.46. The zero-order chi connectivity index (χ0) is 19.3. The molecule has 2 aliphatic rings. The molecule has 1 fully saturated rings. The Kier molecular flexibility index (Phi) is 3.96. The summed E-state index contributed by atoms with van der Waals surface area (Å²) in [5.74, 6) is 2.04. The molecule has 5 rings (SSSR count). The van der Waals surface area contributed by atoms with Crippen LogP contribution in [0.1, 0.15) is 35.8 Å². The molecular formula is C21H21N3O4. The minimum absolute atomic E-state index is 0.00703. The van der Waals surface area contributed by atoms with Crippen molar-refractivity contribution in [3.63, 3.8) is 0 Å². The van der Waals surface area contributed by atoms with E-state index in [1.165, 1.54) is 0 Å². The van der Waals surface area contributed by atoms with E-state index in [9.17, 15) is 4.79 Å². The summed E-state index contributed by atoms with van der Waals surface area (Å²) in [4.78, 5) is 19.8. The molecule has 144 valence electrons. The number of aromatic nitrogens is 2. The zero-order valence-electron chi connectivity index (χ0n) is 15.9. The third-order valence-corrected chi connectivity index (χ3v) is 5.59. The van der Waals surface area contributed by atoms with Gasteiger partial charge in [-0.25, -0.2) is 4.98 Å². The van der Waals surface area contributed by atoms with Crippen molar-refractivity contribution in [2.75, 3.05) is 19.9 Å². The first-order valence-electron chi connectivity index (χ1n) is 9.56. The molecule has 1 saturated heterocycles. The Morgan fingerprint density at radius 1 is 1.14 bits per heavy atom. The third-order valence-electron chi connectivity index (χ3n) is 5.59. The highest BCUT2D eigenvalue weighted by Gasteiger charge is 2.26. The van der Waals surface area contributed by atoms with Crippen LogP contribution in [-0.4, -0.2) is 40.8 Å². The molecule has 0 radical (unpaired) electrons. The van der Waals surface area contributed by atoms with Gasteiger partial charge in [-0.15, -0.1) is 0 Å². The number of carbonyl (C=O) groups excluding carboxylic acids is 1. The van der Waals surface area contributed by atoms with E-state index in [2.05, 4.69) is 17.1 Å². The maximum Gasteiger partial charge on any atom is 0.259 e. The van der Waals surface area contributed by atoms with Crippen LogP contribution >= 0.6 is 0 Å². The number of nitrogens with zero attached hydrogens (tertiary/aromatic N) is 3. The van der Waals surface area contributed by atoms with E-state index in [-0.39, 0.29) is 12.7 Å². The van der Waals surface area contributed by atoms with E-state index in [4.69, 9.17) is 14.0 Å². The summed E-state index contributed by atoms with van der Waals surface area (Å²) in [7, 11) is 0. The minimum atomic E-state index is 0.00703. The van der Waals surface area contributed by atoms with Crippen molar-refractivity contribution in [3.05, 3.63) is 35.5 Å². The fraction of sp³-hybridized carbons (Fsp3) is 0.381. The Hall–Kier alpha value is -3.09. The summed E-state index contributed by atoms with van der Waals surface area (Å²) < 4.78 is 16.3. The van der Waals surface area contributed by atoms with Crippen molar-refractivity contribution in [1.29, 1.82) is 0 Å². The Morgan fingerprint density at radius 2 is 1.93 bits per heavy atom. The van der Waals surface area contributed by atoms with Gasteiger partial charge in [-0.3, -0.25) is 4.79 Å². The van der Waals surface area contributed by atoms with E-state index >= 15 is 0 Å². The second-order valence-electron chi connectivity index (χ2n) is 7.55. The first kappa shape index (κ1) is 17.0. The van der Waals surface area contributed by atoms with Crippen LogP contribution in [0.3, 0.4) is 0 Å². The largest absolute Gasteiger partial charge is 0.454 e. The van der Waals surface area contributed by atoms with E-state index in [1.54, 1.807) is 0 Å². The van der Waals surface area contributed by atoms with Crippen molar-refractivity contribution < 1.29 is 18.8 Å². The molecule has 1 aromatic carbocycles. The number of hydrogen-bond acceptors (Lipinski definition) is 6. The molecular weight excluding hydrogens is 358 g/mol. The van der Waals surface area contributed by atoms with Gasteiger partial charge in [-0.2, -0.15) is 0 Å². The Balaban J connectivity index is 1.60. The molecule has 2 aromatic heterocycles. The lowest BCUT2D eigenvalue weighted by Crippen LogP contribution is -2.38. The van der Waals surface area contributed by atoms with Gasteiger partial charge in [0, 0.05) is 18.7 Å². The van der Waals surface area contributed by atoms with Crippen LogP contribution in [0.25, 0.3) is 22.4 Å². The molecule has 0 unspecified atom stereocenters. The average molecular weight is 379 g/mol. The molecule has 0 saturated carbocycles. The Labute approximate surface area is 162 Å². The lowest BCUT2D eigenvalue weighted by atomic mass is 9.98. The number of pyridine rings is 1. The van der Waals surface area contributed by atoms with Crippen LogP contribution in [0.5, 0.6) is 11.5 Å². The van der Waals surface area contributed by atoms with Gasteiger partial charge in [0.25, 0.3) is 11.6 Å². The number of ether oxygens (including phenoxy) is 2. The number of carbonyl (C=O) groups is 1. The van der Waals surface area contributed by atoms with Crippen LogP contribution in [-0.2, 0) is 0 Å². The molecule has 1 amide bonds. The second kappa shape index (κ2) is 6.51. The second-order valence-corrected chi connectivity index (χ2v) is 7.55. The lowest BCUT2D eigenvalue weighted by molar-refractivity contribution is 0.0699. The molecule has 2 aliphatic heterocycles. The fourth-order valence-corrected chi connectivity index (χ4v) is 3.85. The van der Waals surface area contributed by atoms with E-state index < -0.39 is 0 Å². The van der Waals surface area contributed by atoms with E-state index in [0.717, 1.165) is 31.5 Å². The van der Waals surface area contributed by atoms with Crippen molar-refractivity contribution in [2.24, 2.45) is 5.92 Å². The summed E-state index contributed by atoms with van der Waals surface area (Å²) in [6.07, 6.45) is 2.05. The number of rotatable bonds is 2. The van der Waals surface area contributed by atoms with Crippen molar-refractivity contribution >= 4 is 17.0 Å². The standard InChI is InChI=1S/C21H21N3O4/c1-12-5-7-24(8-6-12)21(25)15-10-16(22-20-19(15)13(2)23-28-20)14-3-4-17-18(9-14)27-11-26-17/h3-4,9-10,12H,5-8,11H2,1-2H3. The summed E-state index contributed by atoms with van der Waals surface area (Å²) in [6.45, 7) is 5.82. The van der Waals surface area contributed by atoms with Crippen LogP contribution in [0.2, 0.25) is 0 Å². The Bertz CT molecular complexity index is 1070. The number of piperidine rings is 1. The first-order valence-corrected chi connectivity index (χ1v) is 9.56. The monoisotopic (exact) mass is 379 g/mol. The number of amides is 1. The normalized spacial score (nSPS) is 16.7. The maximum absolute atomic E-state index is 13.3. The average Bonchev–Trinajstić information content (AvgIpc) is 3.33. The third kappa shape index (κ3) is 2.78. The van der Waals surface area contributed by atoms with Crippen LogP contribution in [0, 0.1) is 12.8 Å². The fourth-order valence-electron chi connectivity index (χ4n) is 3.85. The number of likely N-dealkylation sites (tertiary alicyclic amines) is 1. The summed E-state index contributed by atoms with van der Waals surface area (Å²) in [5, 5.41) is 4.72. The van der Waals surface area contributed by atoms with Gasteiger partial charge < -0.3 is 18.9 Å². The lowest BCUT2D eigenvalue weighted by Gasteiger charge is -2.30. The molecule has 7 heteroatoms. The van der Waals surface area contributed by atoms with Gasteiger partial charge >= 0.3 is 0 Å². The number of aryl methyl sites for hydroxylation is 1. The predicted molar refractivity (Wildman–Crippen MR) is 102 cm³/mol. The number of fused-ring (bicyclic) bond motifs is 2. The smallest absolute Gasteiger partial charge is 0.259 e. The maximum atomic E-state index is 13.3. The molecule has 0 spiro atoms. The molecule has 0 aliphatic carbocycles. The predicted octanol–water partition coefficient (Wildman–Crippen LogP) is 3.80. The number of benzene rings is 1. The highest BCUT2D eigenvalue weighted by atomic mass is 16.7. The SMILES string of the molecule is Cc1noc2nc(-c3ccc4c(c3)OCO4)cc(C(=O)N3CCC(C)CC3)c12. The van der Waals surface area contributed by atoms with Gasteiger partial charge in [0.05, 0.1) is 22.3 Å². The van der Waals surface area contributed by atoms with Gasteiger partial charge in [-0.05, 0) is 49.9 Å². The zero-order valence-corrected chi connectivity index (χ0v) is 15.9.